The van der Waals surface area contributed by atoms with Crippen molar-refractivity contribution in [2.45, 2.75) is 0 Å². The minimum absolute atomic E-state index is 1.09. The predicted molar refractivity (Wildman–Crippen MR) is 270 cm³/mol. The lowest BCUT2D eigenvalue weighted by atomic mass is 10.0. The molecular weight excluding hydrogens is 781 g/mol. The van der Waals surface area contributed by atoms with Gasteiger partial charge in [-0.1, -0.05) is 176 Å². The lowest BCUT2D eigenvalue weighted by Crippen LogP contribution is -2.10. The molecule has 0 bridgehead atoms. The summed E-state index contributed by atoms with van der Waals surface area (Å²) >= 11 is 1.87. The van der Waals surface area contributed by atoms with Crippen LogP contribution in [-0.4, -0.2) is 0 Å². The molecule has 0 aliphatic carbocycles. The van der Waals surface area contributed by atoms with Crippen molar-refractivity contribution in [1.82, 2.24) is 0 Å². The predicted octanol–water partition coefficient (Wildman–Crippen LogP) is 17.7. The van der Waals surface area contributed by atoms with Crippen LogP contribution in [0, 0.1) is 0 Å². The molecule has 0 amide bonds. The largest absolute Gasteiger partial charge is 0.311 e. The summed E-state index contributed by atoms with van der Waals surface area (Å²) in [7, 11) is 0. The molecule has 0 aliphatic rings. The van der Waals surface area contributed by atoms with Crippen LogP contribution >= 0.6 is 11.3 Å². The number of nitrogens with zero attached hydrogens (tertiary/aromatic N) is 2. The molecule has 0 radical (unpaired) electrons. The van der Waals surface area contributed by atoms with Crippen LogP contribution in [0.4, 0.5) is 34.1 Å². The van der Waals surface area contributed by atoms with Crippen LogP contribution in [0.15, 0.2) is 255 Å². The molecule has 0 atom stereocenters. The highest BCUT2D eigenvalue weighted by atomic mass is 32.1. The van der Waals surface area contributed by atoms with Gasteiger partial charge in [0.25, 0.3) is 0 Å². The standard InChI is InChI=1S/C60H42N2S/c1-4-13-43(14-5-1)45-23-33-52(34-24-45)62(53-35-25-46(26-36-53)44-15-6-2-7-16-44)54-39-29-48(30-40-54)47-27-37-51(38-28-47)61(50-17-8-3-9-18-50)55-41-31-49(32-42-55)56-20-12-21-58-57-19-10-11-22-59(57)63-60(56)58/h1-42H. The van der Waals surface area contributed by atoms with Crippen molar-refractivity contribution < 1.29 is 0 Å². The van der Waals surface area contributed by atoms with Crippen molar-refractivity contribution in [3.8, 4) is 44.5 Å². The molecule has 1 heterocycles. The van der Waals surface area contributed by atoms with E-state index in [9.17, 15) is 0 Å². The van der Waals surface area contributed by atoms with E-state index in [0.717, 1.165) is 45.3 Å². The second-order valence-electron chi connectivity index (χ2n) is 15.8. The van der Waals surface area contributed by atoms with Crippen LogP contribution in [0.3, 0.4) is 0 Å². The van der Waals surface area contributed by atoms with E-state index in [0.29, 0.717) is 0 Å². The van der Waals surface area contributed by atoms with Gasteiger partial charge >= 0.3 is 0 Å². The Bertz CT molecular complexity index is 3190. The summed E-state index contributed by atoms with van der Waals surface area (Å²) in [6.07, 6.45) is 0. The summed E-state index contributed by atoms with van der Waals surface area (Å²) in [5, 5.41) is 2.64. The van der Waals surface area contributed by atoms with Gasteiger partial charge in [-0.05, 0) is 123 Å². The second kappa shape index (κ2) is 16.8. The fraction of sp³-hybridized carbons (Fsp3) is 0. The van der Waals surface area contributed by atoms with E-state index in [1.165, 1.54) is 53.6 Å². The van der Waals surface area contributed by atoms with Gasteiger partial charge in [0.15, 0.2) is 0 Å². The number of thiophene rings is 1. The first kappa shape index (κ1) is 38.0. The van der Waals surface area contributed by atoms with Crippen LogP contribution < -0.4 is 9.80 Å². The SMILES string of the molecule is c1ccc(-c2ccc(N(c3ccc(-c4ccccc4)cc3)c3ccc(-c4ccc(N(c5ccccc5)c5ccc(-c6cccc7c6sc6ccccc67)cc5)cc4)cc3)cc2)cc1. The average molecular weight is 823 g/mol. The van der Waals surface area contributed by atoms with Gasteiger partial charge in [-0.25, -0.2) is 0 Å². The van der Waals surface area contributed by atoms with Crippen LogP contribution in [0.25, 0.3) is 64.7 Å². The molecule has 0 saturated heterocycles. The van der Waals surface area contributed by atoms with Gasteiger partial charge in [-0.3, -0.25) is 0 Å². The highest BCUT2D eigenvalue weighted by Crippen LogP contribution is 2.42. The maximum atomic E-state index is 2.34. The summed E-state index contributed by atoms with van der Waals surface area (Å²) in [5.41, 5.74) is 16.2. The molecule has 10 aromatic carbocycles. The Morgan fingerprint density at radius 1 is 0.222 bits per heavy atom. The summed E-state index contributed by atoms with van der Waals surface area (Å²) in [5.74, 6) is 0. The number of hydrogen-bond acceptors (Lipinski definition) is 3. The Labute approximate surface area is 372 Å². The van der Waals surface area contributed by atoms with Crippen LogP contribution in [-0.2, 0) is 0 Å². The first-order chi connectivity index (χ1) is 31.2. The lowest BCUT2D eigenvalue weighted by molar-refractivity contribution is 1.28. The van der Waals surface area contributed by atoms with E-state index >= 15 is 0 Å². The molecule has 0 N–H and O–H groups in total. The molecule has 298 valence electrons. The number of anilines is 6. The first-order valence-corrected chi connectivity index (χ1v) is 22.2. The van der Waals surface area contributed by atoms with Crippen LogP contribution in [0.1, 0.15) is 0 Å². The smallest absolute Gasteiger partial charge is 0.0462 e. The molecule has 0 saturated carbocycles. The minimum Gasteiger partial charge on any atom is -0.311 e. The van der Waals surface area contributed by atoms with E-state index in [-0.39, 0.29) is 0 Å². The second-order valence-corrected chi connectivity index (χ2v) is 16.8. The molecule has 0 spiro atoms. The van der Waals surface area contributed by atoms with Crippen molar-refractivity contribution >= 4 is 65.6 Å². The Morgan fingerprint density at radius 3 is 0.968 bits per heavy atom. The molecule has 11 rings (SSSR count). The van der Waals surface area contributed by atoms with E-state index in [4.69, 9.17) is 0 Å². The third-order valence-corrected chi connectivity index (χ3v) is 13.1. The maximum absolute atomic E-state index is 2.34. The van der Waals surface area contributed by atoms with Crippen molar-refractivity contribution in [2.75, 3.05) is 9.80 Å². The molecule has 0 fully saturated rings. The number of hydrogen-bond donors (Lipinski definition) is 0. The average Bonchev–Trinajstić information content (AvgIpc) is 3.75. The van der Waals surface area contributed by atoms with Gasteiger partial charge < -0.3 is 9.80 Å². The monoisotopic (exact) mass is 822 g/mol. The van der Waals surface area contributed by atoms with Gasteiger partial charge in [-0.15, -0.1) is 11.3 Å². The Kier molecular flexibility index (Phi) is 10.1. The fourth-order valence-corrected chi connectivity index (χ4v) is 9.95. The topological polar surface area (TPSA) is 6.48 Å². The van der Waals surface area contributed by atoms with Crippen molar-refractivity contribution in [3.05, 3.63) is 255 Å². The van der Waals surface area contributed by atoms with Gasteiger partial charge in [-0.2, -0.15) is 0 Å². The fourth-order valence-electron chi connectivity index (χ4n) is 8.71. The van der Waals surface area contributed by atoms with E-state index in [1.807, 2.05) is 11.3 Å². The summed E-state index contributed by atoms with van der Waals surface area (Å²) in [4.78, 5) is 4.67. The van der Waals surface area contributed by atoms with Crippen molar-refractivity contribution in [1.29, 1.82) is 0 Å². The summed E-state index contributed by atoms with van der Waals surface area (Å²) < 4.78 is 2.65. The summed E-state index contributed by atoms with van der Waals surface area (Å²) in [6.45, 7) is 0. The third-order valence-electron chi connectivity index (χ3n) is 11.9. The molecular formula is C60H42N2S. The zero-order valence-corrected chi connectivity index (χ0v) is 35.4. The van der Waals surface area contributed by atoms with Crippen LogP contribution in [0.2, 0.25) is 0 Å². The Balaban J connectivity index is 0.892. The minimum atomic E-state index is 1.09. The van der Waals surface area contributed by atoms with Gasteiger partial charge in [0.1, 0.15) is 0 Å². The maximum Gasteiger partial charge on any atom is 0.0462 e. The quantitative estimate of drug-likeness (QED) is 0.136. The van der Waals surface area contributed by atoms with Gasteiger partial charge in [0.05, 0.1) is 0 Å². The normalized spacial score (nSPS) is 11.2. The Morgan fingerprint density at radius 2 is 0.540 bits per heavy atom. The zero-order valence-electron chi connectivity index (χ0n) is 34.6. The third kappa shape index (κ3) is 7.56. The Hall–Kier alpha value is -7.98. The van der Waals surface area contributed by atoms with Gasteiger partial charge in [0, 0.05) is 54.3 Å². The van der Waals surface area contributed by atoms with Crippen molar-refractivity contribution in [3.63, 3.8) is 0 Å². The molecule has 2 nitrogen and oxygen atoms in total. The number of fused-ring (bicyclic) bond motifs is 3. The molecule has 63 heavy (non-hydrogen) atoms. The van der Waals surface area contributed by atoms with Crippen molar-refractivity contribution in [2.24, 2.45) is 0 Å². The molecule has 0 aliphatic heterocycles. The molecule has 11 aromatic rings. The highest BCUT2D eigenvalue weighted by Gasteiger charge is 2.17. The lowest BCUT2D eigenvalue weighted by Gasteiger charge is -2.26. The number of para-hydroxylation sites is 1. The van der Waals surface area contributed by atoms with Gasteiger partial charge in [0.2, 0.25) is 0 Å². The molecule has 1 aromatic heterocycles. The van der Waals surface area contributed by atoms with E-state index in [1.54, 1.807) is 0 Å². The zero-order chi connectivity index (χ0) is 42.0. The highest BCUT2D eigenvalue weighted by molar-refractivity contribution is 7.26. The number of benzene rings is 10. The molecule has 3 heteroatoms. The van der Waals surface area contributed by atoms with E-state index in [2.05, 4.69) is 265 Å². The summed E-state index contributed by atoms with van der Waals surface area (Å²) in [6, 6.07) is 91.8. The molecule has 0 unspecified atom stereocenters. The van der Waals surface area contributed by atoms with E-state index < -0.39 is 0 Å². The first-order valence-electron chi connectivity index (χ1n) is 21.4. The number of rotatable bonds is 10. The van der Waals surface area contributed by atoms with Crippen LogP contribution in [0.5, 0.6) is 0 Å².